The molecule has 1 aromatic carbocycles. The largest absolute Gasteiger partial charge is 0.345 e. The van der Waals surface area contributed by atoms with Gasteiger partial charge in [0.15, 0.2) is 5.57 Å². The summed E-state index contributed by atoms with van der Waals surface area (Å²) < 4.78 is 0. The Morgan fingerprint density at radius 1 is 1.00 bits per heavy atom. The van der Waals surface area contributed by atoms with Crippen molar-refractivity contribution >= 4 is 5.69 Å². The molecule has 0 unspecified atom stereocenters. The van der Waals surface area contributed by atoms with Gasteiger partial charge in [-0.25, -0.2) is 0 Å². The molecule has 4 nitrogen and oxygen atoms in total. The average molecular weight is 220 g/mol. The zero-order chi connectivity index (χ0) is 12.3. The van der Waals surface area contributed by atoms with Gasteiger partial charge in [0, 0.05) is 5.69 Å². The number of fused-ring (bicyclic) bond motifs is 1. The number of benzene rings is 1. The summed E-state index contributed by atoms with van der Waals surface area (Å²) in [7, 11) is 0. The summed E-state index contributed by atoms with van der Waals surface area (Å²) >= 11 is 0. The number of allylic oxidation sites excluding steroid dienone is 2. The second-order valence-corrected chi connectivity index (χ2v) is 3.69. The number of rotatable bonds is 2. The maximum atomic E-state index is 8.89. The van der Waals surface area contributed by atoms with Crippen LogP contribution in [0.2, 0.25) is 0 Å². The highest BCUT2D eigenvalue weighted by Crippen LogP contribution is 2.26. The number of aryl methyl sites for hydroxylation is 2. The minimum absolute atomic E-state index is 0.00530. The summed E-state index contributed by atoms with van der Waals surface area (Å²) in [6.45, 7) is 0. The Bertz CT molecular complexity index is 604. The third-order valence-corrected chi connectivity index (χ3v) is 2.72. The van der Waals surface area contributed by atoms with Crippen LogP contribution in [0.3, 0.4) is 0 Å². The number of hydrogen-bond donors (Lipinski definition) is 1. The third kappa shape index (κ3) is 1.95. The number of nitrogens with one attached hydrogen (secondary N) is 1. The summed E-state index contributed by atoms with van der Waals surface area (Å²) in [4.78, 5) is 0. The third-order valence-electron chi connectivity index (χ3n) is 2.72. The fraction of sp³-hybridized carbons (Fsp3) is 0.154. The normalized spacial score (nSPS) is 10.9. The van der Waals surface area contributed by atoms with Crippen LogP contribution in [0.5, 0.6) is 0 Å². The van der Waals surface area contributed by atoms with Crippen molar-refractivity contribution in [3.05, 3.63) is 40.6 Å². The topological polar surface area (TPSA) is 83.4 Å². The Kier molecular flexibility index (Phi) is 2.77. The van der Waals surface area contributed by atoms with E-state index >= 15 is 0 Å². The first-order valence-electron chi connectivity index (χ1n) is 5.12. The van der Waals surface area contributed by atoms with Crippen molar-refractivity contribution in [3.63, 3.8) is 0 Å². The average Bonchev–Trinajstić information content (AvgIpc) is 2.32. The fourth-order valence-corrected chi connectivity index (χ4v) is 1.70. The van der Waals surface area contributed by atoms with Crippen molar-refractivity contribution in [1.82, 2.24) is 0 Å². The molecule has 17 heavy (non-hydrogen) atoms. The molecule has 4 heteroatoms. The van der Waals surface area contributed by atoms with Crippen molar-refractivity contribution < 1.29 is 0 Å². The standard InChI is InChI=1S/C13H8N4/c14-6-11(7-15)13(8-16)17-12-4-3-9-1-2-10(9)5-12/h3-5,17H,1-2H2. The molecular weight excluding hydrogens is 212 g/mol. The van der Waals surface area contributed by atoms with E-state index < -0.39 is 0 Å². The summed E-state index contributed by atoms with van der Waals surface area (Å²) in [6.07, 6.45) is 2.14. The minimum Gasteiger partial charge on any atom is -0.345 e. The van der Waals surface area contributed by atoms with Crippen LogP contribution >= 0.6 is 0 Å². The molecule has 0 saturated heterocycles. The van der Waals surface area contributed by atoms with Crippen LogP contribution in [0, 0.1) is 34.0 Å². The fourth-order valence-electron chi connectivity index (χ4n) is 1.70. The molecule has 0 atom stereocenters. The highest BCUT2D eigenvalue weighted by atomic mass is 14.9. The van der Waals surface area contributed by atoms with Gasteiger partial charge in [-0.05, 0) is 36.1 Å². The summed E-state index contributed by atoms with van der Waals surface area (Å²) in [6, 6.07) is 11.0. The van der Waals surface area contributed by atoms with Crippen molar-refractivity contribution in [1.29, 1.82) is 15.8 Å². The Morgan fingerprint density at radius 3 is 2.18 bits per heavy atom. The molecule has 0 heterocycles. The number of hydrogen-bond acceptors (Lipinski definition) is 4. The molecule has 0 aliphatic heterocycles. The molecule has 1 aliphatic carbocycles. The van der Waals surface area contributed by atoms with E-state index in [0.29, 0.717) is 0 Å². The molecule has 0 saturated carbocycles. The highest BCUT2D eigenvalue weighted by molar-refractivity contribution is 5.60. The molecule has 0 amide bonds. The Labute approximate surface area is 99.0 Å². The van der Waals surface area contributed by atoms with E-state index in [4.69, 9.17) is 15.8 Å². The Morgan fingerprint density at radius 2 is 1.71 bits per heavy atom. The molecule has 2 rings (SSSR count). The smallest absolute Gasteiger partial charge is 0.163 e. The predicted octanol–water partition coefficient (Wildman–Crippen LogP) is 2.02. The van der Waals surface area contributed by atoms with Crippen LogP contribution in [-0.4, -0.2) is 0 Å². The van der Waals surface area contributed by atoms with Crippen LogP contribution in [0.15, 0.2) is 29.5 Å². The molecule has 0 aromatic heterocycles. The highest BCUT2D eigenvalue weighted by Gasteiger charge is 2.13. The van der Waals surface area contributed by atoms with Crippen LogP contribution in [-0.2, 0) is 12.8 Å². The first-order valence-corrected chi connectivity index (χ1v) is 5.12. The van der Waals surface area contributed by atoms with Gasteiger partial charge < -0.3 is 5.32 Å². The second kappa shape index (κ2) is 4.39. The second-order valence-electron chi connectivity index (χ2n) is 3.69. The molecule has 0 radical (unpaired) electrons. The van der Waals surface area contributed by atoms with Gasteiger partial charge in [-0.3, -0.25) is 0 Å². The van der Waals surface area contributed by atoms with Gasteiger partial charge in [0.2, 0.25) is 0 Å². The van der Waals surface area contributed by atoms with Crippen molar-refractivity contribution in [2.45, 2.75) is 12.8 Å². The molecule has 0 bridgehead atoms. The van der Waals surface area contributed by atoms with Gasteiger partial charge >= 0.3 is 0 Å². The molecular formula is C13H8N4. The van der Waals surface area contributed by atoms with Gasteiger partial charge in [0.1, 0.15) is 23.9 Å². The minimum atomic E-state index is -0.199. The first kappa shape index (κ1) is 10.7. The lowest BCUT2D eigenvalue weighted by Gasteiger charge is -2.19. The van der Waals surface area contributed by atoms with E-state index in [-0.39, 0.29) is 11.3 Å². The van der Waals surface area contributed by atoms with Gasteiger partial charge in [-0.2, -0.15) is 15.8 Å². The van der Waals surface area contributed by atoms with Crippen molar-refractivity contribution in [2.75, 3.05) is 5.32 Å². The summed E-state index contributed by atoms with van der Waals surface area (Å²) in [5.74, 6) is 0. The maximum Gasteiger partial charge on any atom is 0.163 e. The lowest BCUT2D eigenvalue weighted by Crippen LogP contribution is -2.09. The number of nitrogens with zero attached hydrogens (tertiary/aromatic N) is 3. The molecule has 1 aliphatic rings. The Hall–Kier alpha value is -2.77. The predicted molar refractivity (Wildman–Crippen MR) is 61.3 cm³/mol. The zero-order valence-electron chi connectivity index (χ0n) is 8.99. The molecule has 1 N–H and O–H groups in total. The molecule has 80 valence electrons. The number of anilines is 1. The molecule has 0 spiro atoms. The quantitative estimate of drug-likeness (QED) is 0.773. The van der Waals surface area contributed by atoms with E-state index in [0.717, 1.165) is 18.5 Å². The van der Waals surface area contributed by atoms with E-state index in [9.17, 15) is 0 Å². The first-order chi connectivity index (χ1) is 8.28. The van der Waals surface area contributed by atoms with E-state index in [2.05, 4.69) is 5.32 Å². The summed E-state index contributed by atoms with van der Waals surface area (Å²) in [5, 5.41) is 29.1. The monoisotopic (exact) mass is 220 g/mol. The molecule has 0 fully saturated rings. The van der Waals surface area contributed by atoms with E-state index in [1.54, 1.807) is 12.1 Å². The van der Waals surface area contributed by atoms with Gasteiger partial charge in [0.25, 0.3) is 0 Å². The zero-order valence-corrected chi connectivity index (χ0v) is 8.99. The van der Waals surface area contributed by atoms with Gasteiger partial charge in [-0.1, -0.05) is 6.07 Å². The molecule has 1 aromatic rings. The van der Waals surface area contributed by atoms with Crippen LogP contribution < -0.4 is 5.32 Å². The van der Waals surface area contributed by atoms with Crippen molar-refractivity contribution in [3.8, 4) is 18.2 Å². The van der Waals surface area contributed by atoms with E-state index in [1.165, 1.54) is 11.1 Å². The number of nitriles is 3. The van der Waals surface area contributed by atoms with Gasteiger partial charge in [-0.15, -0.1) is 0 Å². The van der Waals surface area contributed by atoms with Crippen LogP contribution in [0.1, 0.15) is 11.1 Å². The lowest BCUT2D eigenvalue weighted by atomic mass is 9.88. The van der Waals surface area contributed by atoms with Crippen molar-refractivity contribution in [2.24, 2.45) is 0 Å². The van der Waals surface area contributed by atoms with E-state index in [1.807, 2.05) is 24.3 Å². The lowest BCUT2D eigenvalue weighted by molar-refractivity contribution is 0.840. The SMILES string of the molecule is N#CC(C#N)=C(C#N)Nc1ccc2c(c1)CC2. The van der Waals surface area contributed by atoms with Crippen LogP contribution in [0.4, 0.5) is 5.69 Å². The Balaban J connectivity index is 2.29. The summed E-state index contributed by atoms with van der Waals surface area (Å²) in [5.41, 5.74) is 3.11. The van der Waals surface area contributed by atoms with Gasteiger partial charge in [0.05, 0.1) is 0 Å². The van der Waals surface area contributed by atoms with Crippen LogP contribution in [0.25, 0.3) is 0 Å². The maximum absolute atomic E-state index is 8.89.